The van der Waals surface area contributed by atoms with Gasteiger partial charge in [0.2, 0.25) is 11.0 Å². The van der Waals surface area contributed by atoms with Gasteiger partial charge >= 0.3 is 5.91 Å². The van der Waals surface area contributed by atoms with Gasteiger partial charge in [-0.05, 0) is 55.0 Å². The number of ether oxygens (including phenoxy) is 1. The lowest BCUT2D eigenvalue weighted by atomic mass is 10.1. The Hall–Kier alpha value is -4.11. The van der Waals surface area contributed by atoms with Crippen molar-refractivity contribution in [1.29, 1.82) is 0 Å². The Morgan fingerprint density at radius 3 is 2.28 bits per heavy atom. The number of hydrogen-bond acceptors (Lipinski definition) is 7. The molecule has 2 heterocycles. The molecule has 0 radical (unpaired) electrons. The Morgan fingerprint density at radius 2 is 1.58 bits per heavy atom. The molecule has 182 valence electrons. The van der Waals surface area contributed by atoms with Crippen molar-refractivity contribution in [1.82, 2.24) is 20.1 Å². The highest BCUT2D eigenvalue weighted by molar-refractivity contribution is 7.17. The number of unbranched alkanes of at least 4 members (excludes halogenated alkanes) is 3. The van der Waals surface area contributed by atoms with Gasteiger partial charge in [0.25, 0.3) is 0 Å². The van der Waals surface area contributed by atoms with E-state index in [-0.39, 0.29) is 5.91 Å². The smallest absolute Gasteiger partial charge is 0.366 e. The van der Waals surface area contributed by atoms with Crippen molar-refractivity contribution in [3.63, 3.8) is 0 Å². The zero-order chi connectivity index (χ0) is 24.9. The molecule has 0 fully saturated rings. The van der Waals surface area contributed by atoms with Crippen LogP contribution in [0.25, 0.3) is 32.2 Å². The van der Waals surface area contributed by atoms with Crippen LogP contribution in [0.1, 0.15) is 43.0 Å². The van der Waals surface area contributed by atoms with Crippen molar-refractivity contribution in [3.05, 3.63) is 83.6 Å². The van der Waals surface area contributed by atoms with Gasteiger partial charge in [-0.3, -0.25) is 0 Å². The quantitative estimate of drug-likeness (QED) is 0.151. The summed E-state index contributed by atoms with van der Waals surface area (Å²) in [6.07, 6.45) is 4.71. The SMILES string of the molecule is CCCCCCOc1ccc(-c2nnc(-c3ccc(C(=O)n4n[n+]([O-])c5ccccc54)cc3)s2)cc1. The van der Waals surface area contributed by atoms with Gasteiger partial charge in [-0.15, -0.1) is 15.0 Å². The lowest BCUT2D eigenvalue weighted by Gasteiger charge is -2.06. The second-order valence-corrected chi connectivity index (χ2v) is 9.37. The summed E-state index contributed by atoms with van der Waals surface area (Å²) in [5.74, 6) is 0.477. The molecule has 0 aliphatic carbocycles. The summed E-state index contributed by atoms with van der Waals surface area (Å²) in [7, 11) is 0. The number of carbonyl (C=O) groups excluding carboxylic acids is 1. The molecular weight excluding hydrogens is 474 g/mol. The van der Waals surface area contributed by atoms with Crippen molar-refractivity contribution < 1.29 is 14.4 Å². The zero-order valence-electron chi connectivity index (χ0n) is 19.8. The molecule has 0 bridgehead atoms. The largest absolute Gasteiger partial charge is 0.691 e. The summed E-state index contributed by atoms with van der Waals surface area (Å²) in [6, 6.07) is 21.8. The van der Waals surface area contributed by atoms with E-state index in [2.05, 4.69) is 22.3 Å². The van der Waals surface area contributed by atoms with E-state index in [1.54, 1.807) is 36.4 Å². The predicted octanol–water partition coefficient (Wildman–Crippen LogP) is 5.50. The summed E-state index contributed by atoms with van der Waals surface area (Å²) in [5, 5.41) is 26.1. The molecular formula is C27H25N5O3S. The fourth-order valence-electron chi connectivity index (χ4n) is 3.88. The van der Waals surface area contributed by atoms with E-state index in [1.807, 2.05) is 36.4 Å². The number of benzene rings is 3. The van der Waals surface area contributed by atoms with Crippen LogP contribution >= 0.6 is 11.3 Å². The number of para-hydroxylation sites is 2. The second kappa shape index (κ2) is 10.7. The lowest BCUT2D eigenvalue weighted by molar-refractivity contribution is -0.645. The van der Waals surface area contributed by atoms with Gasteiger partial charge in [0.1, 0.15) is 21.0 Å². The van der Waals surface area contributed by atoms with Gasteiger partial charge < -0.3 is 9.94 Å². The number of aromatic nitrogens is 5. The first-order chi connectivity index (χ1) is 17.6. The molecule has 0 atom stereocenters. The molecule has 0 spiro atoms. The minimum Gasteiger partial charge on any atom is -0.691 e. The van der Waals surface area contributed by atoms with Crippen LogP contribution in [-0.4, -0.2) is 32.6 Å². The Kier molecular flexibility index (Phi) is 6.99. The van der Waals surface area contributed by atoms with E-state index >= 15 is 0 Å². The summed E-state index contributed by atoms with van der Waals surface area (Å²) in [4.78, 5) is 13.4. The third-order valence-corrected chi connectivity index (χ3v) is 6.87. The first-order valence-corrected chi connectivity index (χ1v) is 12.7. The topological polar surface area (TPSA) is 96.8 Å². The van der Waals surface area contributed by atoms with Gasteiger partial charge in [-0.1, -0.05) is 66.5 Å². The van der Waals surface area contributed by atoms with Crippen molar-refractivity contribution in [2.24, 2.45) is 0 Å². The molecule has 0 amide bonds. The summed E-state index contributed by atoms with van der Waals surface area (Å²) in [6.45, 7) is 2.93. The molecule has 36 heavy (non-hydrogen) atoms. The monoisotopic (exact) mass is 499 g/mol. The van der Waals surface area contributed by atoms with Crippen LogP contribution in [-0.2, 0) is 0 Å². The summed E-state index contributed by atoms with van der Waals surface area (Å²) < 4.78 is 6.94. The van der Waals surface area contributed by atoms with Gasteiger partial charge in [0.05, 0.1) is 12.2 Å². The van der Waals surface area contributed by atoms with Gasteiger partial charge in [0, 0.05) is 11.1 Å². The van der Waals surface area contributed by atoms with E-state index in [0.717, 1.165) is 44.6 Å². The average molecular weight is 500 g/mol. The highest BCUT2D eigenvalue weighted by Gasteiger charge is 2.22. The van der Waals surface area contributed by atoms with Gasteiger partial charge in [-0.25, -0.2) is 4.79 Å². The fraction of sp³-hybridized carbons (Fsp3) is 0.222. The Bertz CT molecular complexity index is 1480. The average Bonchev–Trinajstić information content (AvgIpc) is 3.54. The van der Waals surface area contributed by atoms with Gasteiger partial charge in [0.15, 0.2) is 0 Å². The molecule has 0 saturated carbocycles. The Labute approximate surface area is 212 Å². The molecule has 0 unspecified atom stereocenters. The third-order valence-electron chi connectivity index (χ3n) is 5.85. The zero-order valence-corrected chi connectivity index (χ0v) is 20.6. The van der Waals surface area contributed by atoms with Crippen LogP contribution in [0.2, 0.25) is 0 Å². The van der Waals surface area contributed by atoms with Crippen LogP contribution < -0.4 is 9.58 Å². The second-order valence-electron chi connectivity index (χ2n) is 8.39. The molecule has 0 saturated heterocycles. The van der Waals surface area contributed by atoms with Crippen molar-refractivity contribution >= 4 is 28.3 Å². The molecule has 5 aromatic rings. The molecule has 0 aliphatic heterocycles. The van der Waals surface area contributed by atoms with E-state index in [4.69, 9.17) is 4.74 Å². The van der Waals surface area contributed by atoms with Crippen molar-refractivity contribution in [2.45, 2.75) is 32.6 Å². The van der Waals surface area contributed by atoms with E-state index in [1.165, 1.54) is 30.6 Å². The van der Waals surface area contributed by atoms with Crippen LogP contribution in [0.3, 0.4) is 0 Å². The number of hydrogen-bond donors (Lipinski definition) is 0. The predicted molar refractivity (Wildman–Crippen MR) is 139 cm³/mol. The Morgan fingerprint density at radius 1 is 0.917 bits per heavy atom. The van der Waals surface area contributed by atoms with Gasteiger partial charge in [-0.2, -0.15) is 0 Å². The normalized spacial score (nSPS) is 11.1. The van der Waals surface area contributed by atoms with E-state index in [9.17, 15) is 10.0 Å². The maximum Gasteiger partial charge on any atom is 0.366 e. The standard InChI is InChI=1S/C27H25N5O3S/c1-2-3-4-7-18-35-22-16-14-20(15-17-22)26-29-28-25(36-26)19-10-12-21(13-11-19)27(33)31-23-8-5-6-9-24(23)32(34)30-31/h5-6,8-17H,2-4,7,18H2,1H3. The minimum atomic E-state index is -0.377. The number of fused-ring (bicyclic) bond motifs is 1. The molecule has 8 nitrogen and oxygen atoms in total. The first kappa shape index (κ1) is 23.6. The molecule has 0 N–H and O–H groups in total. The van der Waals surface area contributed by atoms with Crippen LogP contribution in [0.5, 0.6) is 5.75 Å². The maximum atomic E-state index is 13.0. The van der Waals surface area contributed by atoms with Crippen molar-refractivity contribution in [3.8, 4) is 26.9 Å². The summed E-state index contributed by atoms with van der Waals surface area (Å²) in [5.41, 5.74) is 3.05. The number of rotatable bonds is 9. The van der Waals surface area contributed by atoms with Crippen LogP contribution in [0, 0.1) is 5.21 Å². The highest BCUT2D eigenvalue weighted by atomic mass is 32.1. The highest BCUT2D eigenvalue weighted by Crippen LogP contribution is 2.31. The molecule has 3 aromatic carbocycles. The van der Waals surface area contributed by atoms with Crippen LogP contribution in [0.4, 0.5) is 0 Å². The molecule has 0 aliphatic rings. The van der Waals surface area contributed by atoms with E-state index in [0.29, 0.717) is 21.4 Å². The van der Waals surface area contributed by atoms with E-state index < -0.39 is 0 Å². The molecule has 2 aromatic heterocycles. The van der Waals surface area contributed by atoms with Crippen LogP contribution in [0.15, 0.2) is 72.8 Å². The number of carbonyl (C=O) groups is 1. The lowest BCUT2D eigenvalue weighted by Crippen LogP contribution is -2.31. The maximum absolute atomic E-state index is 13.0. The molecule has 9 heteroatoms. The fourth-order valence-corrected chi connectivity index (χ4v) is 4.73. The van der Waals surface area contributed by atoms with Crippen molar-refractivity contribution in [2.75, 3.05) is 6.61 Å². The summed E-state index contributed by atoms with van der Waals surface area (Å²) >= 11 is 1.48. The molecule has 5 rings (SSSR count). The first-order valence-electron chi connectivity index (χ1n) is 11.9. The third kappa shape index (κ3) is 4.96. The minimum absolute atomic E-state index is 0.343. The number of nitrogens with zero attached hydrogens (tertiary/aromatic N) is 5. The Balaban J connectivity index is 1.27.